The summed E-state index contributed by atoms with van der Waals surface area (Å²) in [7, 11) is 0. The number of thiazole rings is 1. The monoisotopic (exact) mass is 325 g/mol. The lowest BCUT2D eigenvalue weighted by Crippen LogP contribution is -2.11. The largest absolute Gasteiger partial charge is 0.423 e. The smallest absolute Gasteiger partial charge is 0.343 e. The number of aromatic nitrogens is 1. The summed E-state index contributed by atoms with van der Waals surface area (Å²) in [6.07, 6.45) is 0. The van der Waals surface area contributed by atoms with E-state index in [9.17, 15) is 4.79 Å². The van der Waals surface area contributed by atoms with Gasteiger partial charge in [0.2, 0.25) is 0 Å². The van der Waals surface area contributed by atoms with Crippen molar-refractivity contribution in [2.75, 3.05) is 0 Å². The molecule has 3 aromatic rings. The van der Waals surface area contributed by atoms with Crippen LogP contribution in [0.2, 0.25) is 0 Å². The van der Waals surface area contributed by atoms with Crippen molar-refractivity contribution in [3.05, 3.63) is 58.6 Å². The molecule has 2 aromatic carbocycles. The molecule has 0 radical (unpaired) electrons. The molecule has 3 rings (SSSR count). The molecule has 118 valence electrons. The van der Waals surface area contributed by atoms with Gasteiger partial charge >= 0.3 is 5.97 Å². The van der Waals surface area contributed by atoms with E-state index < -0.39 is 0 Å². The van der Waals surface area contributed by atoms with Crippen molar-refractivity contribution < 1.29 is 9.53 Å². The molecule has 0 aliphatic carbocycles. The number of fused-ring (bicyclic) bond motifs is 1. The third-order valence-electron chi connectivity index (χ3n) is 3.66. The predicted molar refractivity (Wildman–Crippen MR) is 94.5 cm³/mol. The van der Waals surface area contributed by atoms with Crippen LogP contribution < -0.4 is 4.74 Å². The highest BCUT2D eigenvalue weighted by molar-refractivity contribution is 7.18. The number of aryl methyl sites for hydroxylation is 1. The van der Waals surface area contributed by atoms with Gasteiger partial charge < -0.3 is 4.74 Å². The van der Waals surface area contributed by atoms with Crippen molar-refractivity contribution in [2.45, 2.75) is 33.1 Å². The maximum Gasteiger partial charge on any atom is 0.343 e. The maximum atomic E-state index is 12.3. The Bertz CT molecular complexity index is 857. The molecule has 4 heteroatoms. The van der Waals surface area contributed by atoms with Gasteiger partial charge in [0, 0.05) is 0 Å². The summed E-state index contributed by atoms with van der Waals surface area (Å²) in [5, 5.41) is 0.989. The van der Waals surface area contributed by atoms with E-state index in [0.29, 0.717) is 11.3 Å². The fourth-order valence-electron chi connectivity index (χ4n) is 2.36. The SMILES string of the molecule is Cc1nc2ccc(C(=O)Oc3ccc(C(C)(C)C)cc3)cc2s1. The van der Waals surface area contributed by atoms with Crippen molar-refractivity contribution in [1.82, 2.24) is 4.98 Å². The molecule has 0 N–H and O–H groups in total. The van der Waals surface area contributed by atoms with Gasteiger partial charge in [0.25, 0.3) is 0 Å². The third-order valence-corrected chi connectivity index (χ3v) is 4.60. The number of nitrogens with zero attached hydrogens (tertiary/aromatic N) is 1. The second-order valence-corrected chi connectivity index (χ2v) is 7.81. The fourth-order valence-corrected chi connectivity index (χ4v) is 3.22. The van der Waals surface area contributed by atoms with Crippen LogP contribution >= 0.6 is 11.3 Å². The van der Waals surface area contributed by atoms with E-state index in [2.05, 4.69) is 25.8 Å². The topological polar surface area (TPSA) is 39.2 Å². The first-order chi connectivity index (χ1) is 10.8. The molecule has 0 atom stereocenters. The molecule has 3 nitrogen and oxygen atoms in total. The van der Waals surface area contributed by atoms with Gasteiger partial charge in [-0.15, -0.1) is 11.3 Å². The average Bonchev–Trinajstić information content (AvgIpc) is 2.85. The van der Waals surface area contributed by atoms with Crippen LogP contribution in [0.1, 0.15) is 41.7 Å². The van der Waals surface area contributed by atoms with Crippen LogP contribution in [0.3, 0.4) is 0 Å². The number of benzene rings is 2. The molecular weight excluding hydrogens is 306 g/mol. The molecule has 0 unspecified atom stereocenters. The summed E-state index contributed by atoms with van der Waals surface area (Å²) in [6, 6.07) is 13.1. The molecule has 0 aliphatic heterocycles. The van der Waals surface area contributed by atoms with Crippen LogP contribution in [0.4, 0.5) is 0 Å². The average molecular weight is 325 g/mol. The van der Waals surface area contributed by atoms with Crippen LogP contribution in [0.25, 0.3) is 10.2 Å². The minimum atomic E-state index is -0.346. The highest BCUT2D eigenvalue weighted by atomic mass is 32.1. The van der Waals surface area contributed by atoms with Crippen molar-refractivity contribution in [1.29, 1.82) is 0 Å². The van der Waals surface area contributed by atoms with Gasteiger partial charge in [-0.25, -0.2) is 9.78 Å². The van der Waals surface area contributed by atoms with Crippen molar-refractivity contribution in [3.63, 3.8) is 0 Å². The van der Waals surface area contributed by atoms with Crippen molar-refractivity contribution in [2.24, 2.45) is 0 Å². The minimum absolute atomic E-state index is 0.0810. The number of rotatable bonds is 2. The van der Waals surface area contributed by atoms with E-state index >= 15 is 0 Å². The zero-order chi connectivity index (χ0) is 16.6. The Morgan fingerprint density at radius 2 is 1.78 bits per heavy atom. The molecule has 0 aliphatic rings. The Morgan fingerprint density at radius 3 is 2.43 bits per heavy atom. The number of carbonyl (C=O) groups is 1. The van der Waals surface area contributed by atoms with E-state index in [1.165, 1.54) is 5.56 Å². The van der Waals surface area contributed by atoms with E-state index in [0.717, 1.165) is 15.2 Å². The van der Waals surface area contributed by atoms with Crippen molar-refractivity contribution in [3.8, 4) is 5.75 Å². The first kappa shape index (κ1) is 15.7. The van der Waals surface area contributed by atoms with Crippen LogP contribution in [0.15, 0.2) is 42.5 Å². The summed E-state index contributed by atoms with van der Waals surface area (Å²) >= 11 is 1.58. The highest BCUT2D eigenvalue weighted by Crippen LogP contribution is 2.26. The van der Waals surface area contributed by atoms with E-state index in [4.69, 9.17) is 4.74 Å². The molecule has 23 heavy (non-hydrogen) atoms. The van der Waals surface area contributed by atoms with Gasteiger partial charge in [-0.1, -0.05) is 32.9 Å². The van der Waals surface area contributed by atoms with Gasteiger partial charge in [-0.05, 0) is 48.2 Å². The molecule has 0 bridgehead atoms. The summed E-state index contributed by atoms with van der Waals surface area (Å²) < 4.78 is 6.47. The molecule has 1 heterocycles. The maximum absolute atomic E-state index is 12.3. The van der Waals surface area contributed by atoms with E-state index in [1.54, 1.807) is 17.4 Å². The third kappa shape index (κ3) is 3.42. The summed E-state index contributed by atoms with van der Waals surface area (Å²) in [6.45, 7) is 8.42. The summed E-state index contributed by atoms with van der Waals surface area (Å²) in [5.74, 6) is 0.213. The van der Waals surface area contributed by atoms with E-state index in [1.807, 2.05) is 43.3 Å². The standard InChI is InChI=1S/C19H19NO2S/c1-12-20-16-10-5-13(11-17(16)23-12)18(21)22-15-8-6-14(7-9-15)19(2,3)4/h5-11H,1-4H3. The Morgan fingerprint density at radius 1 is 1.09 bits per heavy atom. The van der Waals surface area contributed by atoms with Gasteiger partial charge in [0.15, 0.2) is 0 Å². The van der Waals surface area contributed by atoms with Gasteiger partial charge in [0.05, 0.1) is 20.8 Å². The molecule has 0 saturated carbocycles. The quantitative estimate of drug-likeness (QED) is 0.485. The Kier molecular flexibility index (Phi) is 3.94. The summed E-state index contributed by atoms with van der Waals surface area (Å²) in [5.41, 5.74) is 2.75. The minimum Gasteiger partial charge on any atom is -0.423 e. The van der Waals surface area contributed by atoms with Crippen LogP contribution in [0, 0.1) is 6.92 Å². The van der Waals surface area contributed by atoms with Crippen LogP contribution in [0.5, 0.6) is 5.75 Å². The van der Waals surface area contributed by atoms with Crippen LogP contribution in [-0.4, -0.2) is 11.0 Å². The first-order valence-electron chi connectivity index (χ1n) is 7.53. The Hall–Kier alpha value is -2.20. The zero-order valence-corrected chi connectivity index (χ0v) is 14.5. The fraction of sp³-hybridized carbons (Fsp3) is 0.263. The number of hydrogen-bond acceptors (Lipinski definition) is 4. The lowest BCUT2D eigenvalue weighted by molar-refractivity contribution is 0.0735. The molecule has 0 saturated heterocycles. The lowest BCUT2D eigenvalue weighted by atomic mass is 9.87. The lowest BCUT2D eigenvalue weighted by Gasteiger charge is -2.19. The zero-order valence-electron chi connectivity index (χ0n) is 13.7. The molecule has 0 fully saturated rings. The Labute approximate surface area is 139 Å². The Balaban J connectivity index is 1.79. The first-order valence-corrected chi connectivity index (χ1v) is 8.34. The van der Waals surface area contributed by atoms with Gasteiger partial charge in [-0.3, -0.25) is 0 Å². The number of ether oxygens (including phenoxy) is 1. The second-order valence-electron chi connectivity index (χ2n) is 6.58. The molecule has 1 aromatic heterocycles. The number of esters is 1. The molecular formula is C19H19NO2S. The molecule has 0 spiro atoms. The molecule has 0 amide bonds. The highest BCUT2D eigenvalue weighted by Gasteiger charge is 2.15. The van der Waals surface area contributed by atoms with E-state index in [-0.39, 0.29) is 11.4 Å². The van der Waals surface area contributed by atoms with Gasteiger partial charge in [-0.2, -0.15) is 0 Å². The number of carbonyl (C=O) groups excluding carboxylic acids is 1. The normalized spacial score (nSPS) is 11.7. The second kappa shape index (κ2) is 5.78. The van der Waals surface area contributed by atoms with Crippen LogP contribution in [-0.2, 0) is 5.41 Å². The summed E-state index contributed by atoms with van der Waals surface area (Å²) in [4.78, 5) is 16.7. The van der Waals surface area contributed by atoms with Crippen molar-refractivity contribution >= 4 is 27.5 Å². The number of hydrogen-bond donors (Lipinski definition) is 0. The van der Waals surface area contributed by atoms with Gasteiger partial charge in [0.1, 0.15) is 5.75 Å². The predicted octanol–water partition coefficient (Wildman–Crippen LogP) is 5.12.